The second-order valence-corrected chi connectivity index (χ2v) is 7.45. The number of thiophene rings is 1. The number of amides is 1. The summed E-state index contributed by atoms with van der Waals surface area (Å²) < 4.78 is 15.5. The smallest absolute Gasteiger partial charge is 0.348 e. The summed E-state index contributed by atoms with van der Waals surface area (Å²) in [7, 11) is 3.06. The highest BCUT2D eigenvalue weighted by molar-refractivity contribution is 7.14. The third kappa shape index (κ3) is 4.80. The predicted octanol–water partition coefficient (Wildman–Crippen LogP) is 3.83. The molecule has 2 aromatic rings. The van der Waals surface area contributed by atoms with Gasteiger partial charge in [-0.05, 0) is 49.4 Å². The van der Waals surface area contributed by atoms with Crippen LogP contribution >= 0.6 is 11.3 Å². The Morgan fingerprint density at radius 3 is 2.67 bits per heavy atom. The molecule has 1 aliphatic rings. The Morgan fingerprint density at radius 2 is 1.89 bits per heavy atom. The van der Waals surface area contributed by atoms with Gasteiger partial charge in [-0.3, -0.25) is 4.79 Å². The minimum absolute atomic E-state index is 0.351. The number of fused-ring (bicyclic) bond motifs is 1. The molecular formula is C20H23NO5S. The minimum Gasteiger partial charge on any atom is -0.497 e. The first-order valence-corrected chi connectivity index (χ1v) is 9.73. The average molecular weight is 389 g/mol. The Kier molecular flexibility index (Phi) is 6.34. The summed E-state index contributed by atoms with van der Waals surface area (Å²) in [4.78, 5) is 26.3. The van der Waals surface area contributed by atoms with Crippen molar-refractivity contribution in [3.05, 3.63) is 39.6 Å². The van der Waals surface area contributed by atoms with Crippen LogP contribution in [-0.4, -0.2) is 32.7 Å². The van der Waals surface area contributed by atoms with Crippen LogP contribution in [-0.2, 0) is 22.4 Å². The zero-order chi connectivity index (χ0) is 19.2. The number of rotatable bonds is 6. The normalized spacial score (nSPS) is 13.3. The van der Waals surface area contributed by atoms with Crippen molar-refractivity contribution in [3.63, 3.8) is 0 Å². The summed E-state index contributed by atoms with van der Waals surface area (Å²) in [6.07, 6.45) is 5.58. The lowest BCUT2D eigenvalue weighted by Gasteiger charge is -2.11. The summed E-state index contributed by atoms with van der Waals surface area (Å²) in [6, 6.07) is 6.97. The number of carbonyl (C=O) groups excluding carboxylic acids is 2. The zero-order valence-corrected chi connectivity index (χ0v) is 16.3. The maximum absolute atomic E-state index is 12.3. The summed E-state index contributed by atoms with van der Waals surface area (Å²) in [5.74, 6) is 0.208. The van der Waals surface area contributed by atoms with Crippen molar-refractivity contribution in [1.29, 1.82) is 0 Å². The van der Waals surface area contributed by atoms with Crippen LogP contribution in [0.25, 0.3) is 0 Å². The van der Waals surface area contributed by atoms with Crippen LogP contribution in [0.5, 0.6) is 11.5 Å². The fourth-order valence-electron chi connectivity index (χ4n) is 3.06. The molecule has 3 rings (SSSR count). The first-order chi connectivity index (χ1) is 13.1. The van der Waals surface area contributed by atoms with Crippen LogP contribution in [0.3, 0.4) is 0 Å². The van der Waals surface area contributed by atoms with E-state index in [4.69, 9.17) is 14.2 Å². The van der Waals surface area contributed by atoms with E-state index in [0.29, 0.717) is 22.1 Å². The van der Waals surface area contributed by atoms with Gasteiger partial charge in [-0.15, -0.1) is 11.3 Å². The molecule has 0 unspecified atom stereocenters. The van der Waals surface area contributed by atoms with E-state index in [2.05, 4.69) is 5.32 Å². The van der Waals surface area contributed by atoms with Gasteiger partial charge >= 0.3 is 5.97 Å². The van der Waals surface area contributed by atoms with Crippen molar-refractivity contribution in [1.82, 2.24) is 0 Å². The second-order valence-electron chi connectivity index (χ2n) is 6.31. The summed E-state index contributed by atoms with van der Waals surface area (Å²) in [5.41, 5.74) is 1.74. The number of carbonyl (C=O) groups is 2. The number of ether oxygens (including phenoxy) is 3. The van der Waals surface area contributed by atoms with Gasteiger partial charge in [-0.1, -0.05) is 6.42 Å². The van der Waals surface area contributed by atoms with Crippen LogP contribution < -0.4 is 14.8 Å². The fraction of sp³-hybridized carbons (Fsp3) is 0.400. The molecule has 0 spiro atoms. The van der Waals surface area contributed by atoms with Crippen molar-refractivity contribution in [3.8, 4) is 11.5 Å². The monoisotopic (exact) mass is 389 g/mol. The van der Waals surface area contributed by atoms with Crippen LogP contribution in [0, 0.1) is 0 Å². The topological polar surface area (TPSA) is 73.9 Å². The van der Waals surface area contributed by atoms with Crippen LogP contribution in [0.15, 0.2) is 24.3 Å². The molecule has 7 heteroatoms. The first-order valence-electron chi connectivity index (χ1n) is 8.91. The third-order valence-corrected chi connectivity index (χ3v) is 5.68. The van der Waals surface area contributed by atoms with Gasteiger partial charge in [-0.2, -0.15) is 0 Å². The predicted molar refractivity (Wildman–Crippen MR) is 104 cm³/mol. The van der Waals surface area contributed by atoms with Crippen molar-refractivity contribution < 1.29 is 23.8 Å². The van der Waals surface area contributed by atoms with E-state index in [1.165, 1.54) is 35.3 Å². The molecule has 1 aliphatic carbocycles. The molecule has 0 fully saturated rings. The number of nitrogens with one attached hydrogen (secondary N) is 1. The average Bonchev–Trinajstić information content (AvgIpc) is 2.97. The first kappa shape index (κ1) is 19.2. The van der Waals surface area contributed by atoms with Crippen molar-refractivity contribution in [2.75, 3.05) is 26.1 Å². The van der Waals surface area contributed by atoms with Gasteiger partial charge in [0.2, 0.25) is 0 Å². The number of methoxy groups -OCH3 is 2. The molecule has 0 saturated heterocycles. The molecule has 27 heavy (non-hydrogen) atoms. The van der Waals surface area contributed by atoms with Crippen LogP contribution in [0.1, 0.15) is 39.4 Å². The van der Waals surface area contributed by atoms with Gasteiger partial charge in [-0.25, -0.2) is 4.79 Å². The van der Waals surface area contributed by atoms with Gasteiger partial charge in [0.1, 0.15) is 16.4 Å². The van der Waals surface area contributed by atoms with Gasteiger partial charge < -0.3 is 19.5 Å². The van der Waals surface area contributed by atoms with E-state index in [9.17, 15) is 9.59 Å². The Bertz CT molecular complexity index is 806. The van der Waals surface area contributed by atoms with E-state index >= 15 is 0 Å². The summed E-state index contributed by atoms with van der Waals surface area (Å²) in [6.45, 7) is -0.351. The van der Waals surface area contributed by atoms with Gasteiger partial charge in [0.25, 0.3) is 5.91 Å². The lowest BCUT2D eigenvalue weighted by Crippen LogP contribution is -2.21. The molecule has 0 aliphatic heterocycles. The summed E-state index contributed by atoms with van der Waals surface area (Å²) in [5, 5.41) is 2.68. The number of anilines is 1. The molecule has 0 radical (unpaired) electrons. The maximum atomic E-state index is 12.3. The standard InChI is InChI=1S/C20H23NO5S/c1-24-14-8-9-15(16(11-14)25-2)21-19(22)12-26-20(23)18-10-13-6-4-3-5-7-17(13)27-18/h8-11H,3-7,12H2,1-2H3,(H,21,22). The second kappa shape index (κ2) is 8.90. The highest BCUT2D eigenvalue weighted by atomic mass is 32.1. The number of benzene rings is 1. The highest BCUT2D eigenvalue weighted by Crippen LogP contribution is 2.30. The van der Waals surface area contributed by atoms with E-state index in [-0.39, 0.29) is 6.61 Å². The van der Waals surface area contributed by atoms with Crippen LogP contribution in [0.2, 0.25) is 0 Å². The van der Waals surface area contributed by atoms with Crippen molar-refractivity contribution in [2.45, 2.75) is 32.1 Å². The van der Waals surface area contributed by atoms with E-state index in [1.54, 1.807) is 25.3 Å². The Labute approximate surface area is 162 Å². The van der Waals surface area contributed by atoms with E-state index in [1.807, 2.05) is 6.07 Å². The molecule has 1 aromatic heterocycles. The molecule has 0 saturated carbocycles. The number of hydrogen-bond acceptors (Lipinski definition) is 6. The number of aryl methyl sites for hydroxylation is 2. The minimum atomic E-state index is -0.454. The molecule has 1 aromatic carbocycles. The fourth-order valence-corrected chi connectivity index (χ4v) is 4.21. The molecule has 1 amide bonds. The molecule has 6 nitrogen and oxygen atoms in total. The van der Waals surface area contributed by atoms with E-state index in [0.717, 1.165) is 25.7 Å². The summed E-state index contributed by atoms with van der Waals surface area (Å²) >= 11 is 1.48. The number of hydrogen-bond donors (Lipinski definition) is 1. The lowest BCUT2D eigenvalue weighted by molar-refractivity contribution is -0.119. The highest BCUT2D eigenvalue weighted by Gasteiger charge is 2.18. The van der Waals surface area contributed by atoms with E-state index < -0.39 is 11.9 Å². The van der Waals surface area contributed by atoms with Crippen LogP contribution in [0.4, 0.5) is 5.69 Å². The molecule has 1 heterocycles. The number of esters is 1. The Morgan fingerprint density at radius 1 is 1.07 bits per heavy atom. The zero-order valence-electron chi connectivity index (χ0n) is 15.5. The largest absolute Gasteiger partial charge is 0.497 e. The van der Waals surface area contributed by atoms with Crippen molar-refractivity contribution in [2.24, 2.45) is 0 Å². The Balaban J connectivity index is 1.57. The molecule has 144 valence electrons. The van der Waals surface area contributed by atoms with Gasteiger partial charge in [0.05, 0.1) is 19.9 Å². The quantitative estimate of drug-likeness (QED) is 0.600. The lowest BCUT2D eigenvalue weighted by atomic mass is 10.1. The van der Waals surface area contributed by atoms with Crippen molar-refractivity contribution >= 4 is 28.9 Å². The SMILES string of the molecule is COc1ccc(NC(=O)COC(=O)c2cc3c(s2)CCCCC3)c(OC)c1. The van der Waals surface area contributed by atoms with Gasteiger partial charge in [0.15, 0.2) is 6.61 Å². The molecule has 0 atom stereocenters. The Hall–Kier alpha value is -2.54. The van der Waals surface area contributed by atoms with Gasteiger partial charge in [0, 0.05) is 10.9 Å². The third-order valence-electron chi connectivity index (χ3n) is 4.46. The maximum Gasteiger partial charge on any atom is 0.348 e. The molecular weight excluding hydrogens is 366 g/mol. The molecule has 1 N–H and O–H groups in total. The molecule has 0 bridgehead atoms.